The van der Waals surface area contributed by atoms with Crippen LogP contribution in [0.4, 0.5) is 0 Å². The minimum absolute atomic E-state index is 0.272. The van der Waals surface area contributed by atoms with Gasteiger partial charge in [-0.25, -0.2) is 0 Å². The molecular weight excluding hydrogens is 266 g/mol. The molecule has 0 radical (unpaired) electrons. The van der Waals surface area contributed by atoms with Crippen molar-refractivity contribution in [2.75, 3.05) is 6.61 Å². The van der Waals surface area contributed by atoms with E-state index in [1.807, 2.05) is 19.1 Å². The molecule has 0 amide bonds. The molecule has 100 valence electrons. The van der Waals surface area contributed by atoms with Gasteiger partial charge in [0, 0.05) is 5.38 Å². The van der Waals surface area contributed by atoms with Crippen LogP contribution in [-0.2, 0) is 11.3 Å². The Hall–Kier alpha value is -2.08. The number of nitrogens with zero attached hydrogens (tertiary/aromatic N) is 1. The van der Waals surface area contributed by atoms with E-state index in [4.69, 9.17) is 9.84 Å². The van der Waals surface area contributed by atoms with E-state index in [9.17, 15) is 9.59 Å². The second-order valence-corrected chi connectivity index (χ2v) is 4.64. The molecule has 0 aliphatic heterocycles. The second kappa shape index (κ2) is 5.71. The maximum atomic E-state index is 11.6. The van der Waals surface area contributed by atoms with Gasteiger partial charge in [0.05, 0.1) is 12.3 Å². The van der Waals surface area contributed by atoms with Gasteiger partial charge in [0.2, 0.25) is 0 Å². The van der Waals surface area contributed by atoms with Gasteiger partial charge in [-0.2, -0.15) is 0 Å². The summed E-state index contributed by atoms with van der Waals surface area (Å²) in [6.07, 6.45) is 0. The summed E-state index contributed by atoms with van der Waals surface area (Å²) in [5, 5.41) is 10.5. The summed E-state index contributed by atoms with van der Waals surface area (Å²) in [6, 6.07) is 7.22. The van der Waals surface area contributed by atoms with Crippen LogP contribution in [0.25, 0.3) is 11.3 Å². The summed E-state index contributed by atoms with van der Waals surface area (Å²) in [4.78, 5) is 22.1. The molecule has 0 bridgehead atoms. The van der Waals surface area contributed by atoms with Gasteiger partial charge >= 0.3 is 10.8 Å². The molecule has 0 aliphatic carbocycles. The van der Waals surface area contributed by atoms with E-state index in [0.717, 1.165) is 22.6 Å². The van der Waals surface area contributed by atoms with Gasteiger partial charge in [-0.3, -0.25) is 14.2 Å². The Labute approximate surface area is 113 Å². The standard InChI is InChI=1S/C13H13NO4S/c1-2-18-10-5-3-9(4-6-10)11-8-19-13(17)14(11)7-12(15)16/h3-6,8H,2,7H2,1H3,(H,15,16). The lowest BCUT2D eigenvalue weighted by Gasteiger charge is -2.07. The van der Waals surface area contributed by atoms with Crippen LogP contribution in [0.15, 0.2) is 34.4 Å². The lowest BCUT2D eigenvalue weighted by atomic mass is 10.1. The highest BCUT2D eigenvalue weighted by molar-refractivity contribution is 7.07. The van der Waals surface area contributed by atoms with E-state index in [1.165, 1.54) is 4.57 Å². The third kappa shape index (κ3) is 3.03. The average molecular weight is 279 g/mol. The molecule has 6 heteroatoms. The second-order valence-electron chi connectivity index (χ2n) is 3.82. The van der Waals surface area contributed by atoms with E-state index in [1.54, 1.807) is 17.5 Å². The fourth-order valence-corrected chi connectivity index (χ4v) is 2.50. The number of thiazole rings is 1. The van der Waals surface area contributed by atoms with Crippen molar-refractivity contribution in [3.8, 4) is 17.0 Å². The fourth-order valence-electron chi connectivity index (χ4n) is 1.73. The monoisotopic (exact) mass is 279 g/mol. The summed E-state index contributed by atoms with van der Waals surface area (Å²) in [6.45, 7) is 2.16. The minimum atomic E-state index is -1.03. The molecule has 0 fully saturated rings. The van der Waals surface area contributed by atoms with Gasteiger partial charge in [-0.05, 0) is 36.8 Å². The number of aromatic nitrogens is 1. The Bertz CT molecular complexity index is 627. The molecule has 0 unspecified atom stereocenters. The van der Waals surface area contributed by atoms with E-state index in [0.29, 0.717) is 12.3 Å². The summed E-state index contributed by atoms with van der Waals surface area (Å²) < 4.78 is 6.59. The summed E-state index contributed by atoms with van der Waals surface area (Å²) >= 11 is 0.995. The lowest BCUT2D eigenvalue weighted by Crippen LogP contribution is -2.19. The van der Waals surface area contributed by atoms with Crippen molar-refractivity contribution in [1.82, 2.24) is 4.57 Å². The lowest BCUT2D eigenvalue weighted by molar-refractivity contribution is -0.137. The van der Waals surface area contributed by atoms with Crippen LogP contribution in [0.1, 0.15) is 6.92 Å². The molecule has 0 saturated heterocycles. The molecule has 1 aromatic heterocycles. The Kier molecular flexibility index (Phi) is 4.01. The molecule has 5 nitrogen and oxygen atoms in total. The molecule has 1 N–H and O–H groups in total. The molecule has 2 aromatic rings. The van der Waals surface area contributed by atoms with E-state index < -0.39 is 5.97 Å². The number of ether oxygens (including phenoxy) is 1. The van der Waals surface area contributed by atoms with Crippen molar-refractivity contribution in [3.63, 3.8) is 0 Å². The van der Waals surface area contributed by atoms with Crippen molar-refractivity contribution in [3.05, 3.63) is 39.3 Å². The van der Waals surface area contributed by atoms with E-state index in [-0.39, 0.29) is 11.4 Å². The maximum Gasteiger partial charge on any atom is 0.323 e. The molecule has 0 saturated carbocycles. The maximum absolute atomic E-state index is 11.6. The third-order valence-corrected chi connectivity index (χ3v) is 3.30. The quantitative estimate of drug-likeness (QED) is 0.909. The summed E-state index contributed by atoms with van der Waals surface area (Å²) in [5.41, 5.74) is 1.41. The van der Waals surface area contributed by atoms with Gasteiger partial charge in [0.15, 0.2) is 0 Å². The fraction of sp³-hybridized carbons (Fsp3) is 0.231. The molecule has 19 heavy (non-hydrogen) atoms. The van der Waals surface area contributed by atoms with Crippen molar-refractivity contribution in [2.45, 2.75) is 13.5 Å². The van der Waals surface area contributed by atoms with Crippen molar-refractivity contribution in [2.24, 2.45) is 0 Å². The number of rotatable bonds is 5. The highest BCUT2D eigenvalue weighted by atomic mass is 32.1. The minimum Gasteiger partial charge on any atom is -0.494 e. The Morgan fingerprint density at radius 2 is 2.05 bits per heavy atom. The predicted molar refractivity (Wildman–Crippen MR) is 72.8 cm³/mol. The van der Waals surface area contributed by atoms with Gasteiger partial charge in [-0.15, -0.1) is 0 Å². The van der Waals surface area contributed by atoms with Gasteiger partial charge in [0.1, 0.15) is 12.3 Å². The number of aliphatic carboxylic acids is 1. The smallest absolute Gasteiger partial charge is 0.323 e. The number of carboxylic acid groups (broad SMARTS) is 1. The number of carbonyl (C=O) groups is 1. The van der Waals surface area contributed by atoms with Gasteiger partial charge in [-0.1, -0.05) is 11.3 Å². The molecule has 0 spiro atoms. The van der Waals surface area contributed by atoms with Crippen LogP contribution < -0.4 is 9.61 Å². The zero-order valence-electron chi connectivity index (χ0n) is 10.3. The average Bonchev–Trinajstić information content (AvgIpc) is 2.72. The largest absolute Gasteiger partial charge is 0.494 e. The van der Waals surface area contributed by atoms with Gasteiger partial charge < -0.3 is 9.84 Å². The van der Waals surface area contributed by atoms with E-state index >= 15 is 0 Å². The normalized spacial score (nSPS) is 10.4. The first kappa shape index (κ1) is 13.4. The Morgan fingerprint density at radius 1 is 1.37 bits per heavy atom. The number of hydrogen-bond donors (Lipinski definition) is 1. The first-order valence-corrected chi connectivity index (χ1v) is 6.63. The molecule has 2 rings (SSSR count). The summed E-state index contributed by atoms with van der Waals surface area (Å²) in [7, 11) is 0. The summed E-state index contributed by atoms with van der Waals surface area (Å²) in [5.74, 6) is -0.290. The van der Waals surface area contributed by atoms with Crippen LogP contribution in [0.3, 0.4) is 0 Å². The first-order chi connectivity index (χ1) is 9.11. The molecular formula is C13H13NO4S. The number of hydrogen-bond acceptors (Lipinski definition) is 4. The highest BCUT2D eigenvalue weighted by Crippen LogP contribution is 2.23. The molecule has 1 aromatic carbocycles. The number of benzene rings is 1. The van der Waals surface area contributed by atoms with E-state index in [2.05, 4.69) is 0 Å². The predicted octanol–water partition coefficient (Wildman–Crippen LogP) is 2.06. The van der Waals surface area contributed by atoms with Crippen molar-refractivity contribution < 1.29 is 14.6 Å². The Balaban J connectivity index is 2.36. The Morgan fingerprint density at radius 3 is 2.63 bits per heavy atom. The number of carboxylic acids is 1. The SMILES string of the molecule is CCOc1ccc(-c2csc(=O)n2CC(=O)O)cc1. The van der Waals surface area contributed by atoms with Crippen molar-refractivity contribution in [1.29, 1.82) is 0 Å². The van der Waals surface area contributed by atoms with Crippen LogP contribution in [0, 0.1) is 0 Å². The first-order valence-electron chi connectivity index (χ1n) is 5.75. The zero-order valence-corrected chi connectivity index (χ0v) is 11.1. The molecule has 0 atom stereocenters. The molecule has 0 aliphatic rings. The third-order valence-electron chi connectivity index (χ3n) is 2.54. The van der Waals surface area contributed by atoms with Crippen LogP contribution in [0.5, 0.6) is 5.75 Å². The highest BCUT2D eigenvalue weighted by Gasteiger charge is 2.11. The van der Waals surface area contributed by atoms with Crippen molar-refractivity contribution >= 4 is 17.3 Å². The topological polar surface area (TPSA) is 68.5 Å². The van der Waals surface area contributed by atoms with Crippen LogP contribution in [-0.4, -0.2) is 22.2 Å². The van der Waals surface area contributed by atoms with Crippen LogP contribution >= 0.6 is 11.3 Å². The van der Waals surface area contributed by atoms with Crippen LogP contribution in [0.2, 0.25) is 0 Å². The molecule has 1 heterocycles. The van der Waals surface area contributed by atoms with Gasteiger partial charge in [0.25, 0.3) is 0 Å². The zero-order chi connectivity index (χ0) is 13.8.